The van der Waals surface area contributed by atoms with Gasteiger partial charge in [-0.15, -0.1) is 24.0 Å². The van der Waals surface area contributed by atoms with E-state index >= 15 is 0 Å². The number of hydrogen-bond acceptors (Lipinski definition) is 3. The molecule has 0 bridgehead atoms. The van der Waals surface area contributed by atoms with Gasteiger partial charge in [-0.2, -0.15) is 0 Å². The van der Waals surface area contributed by atoms with Crippen molar-refractivity contribution in [3.63, 3.8) is 0 Å². The minimum Gasteiger partial charge on any atom is -0.381 e. The van der Waals surface area contributed by atoms with Crippen molar-refractivity contribution in [1.82, 2.24) is 10.2 Å². The lowest BCUT2D eigenvalue weighted by Gasteiger charge is -2.37. The molecule has 1 N–H and O–H groups in total. The van der Waals surface area contributed by atoms with Gasteiger partial charge in [-0.1, -0.05) is 23.7 Å². The Balaban J connectivity index is 0.00000300. The summed E-state index contributed by atoms with van der Waals surface area (Å²) in [5, 5.41) is 4.21. The van der Waals surface area contributed by atoms with Crippen LogP contribution in [0.4, 0.5) is 0 Å². The summed E-state index contributed by atoms with van der Waals surface area (Å²) in [6.45, 7) is 7.70. The molecule has 3 rings (SSSR count). The van der Waals surface area contributed by atoms with Crippen molar-refractivity contribution in [2.24, 2.45) is 10.9 Å². The van der Waals surface area contributed by atoms with Crippen LogP contribution in [0.1, 0.15) is 38.2 Å². The summed E-state index contributed by atoms with van der Waals surface area (Å²) in [5.74, 6) is 1.74. The zero-order chi connectivity index (χ0) is 19.8. The number of ether oxygens (including phenoxy) is 2. The zero-order valence-corrected chi connectivity index (χ0v) is 20.7. The third-order valence-electron chi connectivity index (χ3n) is 5.74. The van der Waals surface area contributed by atoms with Crippen LogP contribution < -0.4 is 5.32 Å². The first-order valence-electron chi connectivity index (χ1n) is 10.5. The Bertz CT molecular complexity index is 649. The smallest absolute Gasteiger partial charge is 0.193 e. The molecule has 5 nitrogen and oxygen atoms in total. The van der Waals surface area contributed by atoms with E-state index in [1.807, 2.05) is 12.1 Å². The topological polar surface area (TPSA) is 46.1 Å². The molecule has 7 heteroatoms. The predicted octanol–water partition coefficient (Wildman–Crippen LogP) is 4.33. The van der Waals surface area contributed by atoms with Gasteiger partial charge in [0.05, 0.1) is 13.2 Å². The summed E-state index contributed by atoms with van der Waals surface area (Å²) < 4.78 is 11.4. The van der Waals surface area contributed by atoms with Gasteiger partial charge in [0.25, 0.3) is 0 Å². The molecule has 0 atom stereocenters. The second-order valence-electron chi connectivity index (χ2n) is 8.01. The Kier molecular flexibility index (Phi) is 10.5. The predicted molar refractivity (Wildman–Crippen MR) is 131 cm³/mol. The van der Waals surface area contributed by atoms with Gasteiger partial charge in [-0.3, -0.25) is 4.99 Å². The molecule has 0 amide bonds. The van der Waals surface area contributed by atoms with Crippen molar-refractivity contribution in [2.75, 3.05) is 53.1 Å². The average molecular weight is 536 g/mol. The van der Waals surface area contributed by atoms with Crippen LogP contribution in [0.25, 0.3) is 0 Å². The maximum atomic E-state index is 6.28. The van der Waals surface area contributed by atoms with Crippen molar-refractivity contribution in [1.29, 1.82) is 0 Å². The Morgan fingerprint density at radius 3 is 2.76 bits per heavy atom. The highest BCUT2D eigenvalue weighted by molar-refractivity contribution is 14.0. The zero-order valence-electron chi connectivity index (χ0n) is 17.7. The molecule has 1 aliphatic heterocycles. The highest BCUT2D eigenvalue weighted by atomic mass is 127. The van der Waals surface area contributed by atoms with Crippen LogP contribution in [0.3, 0.4) is 0 Å². The van der Waals surface area contributed by atoms with E-state index in [1.165, 1.54) is 18.4 Å². The lowest BCUT2D eigenvalue weighted by atomic mass is 9.74. The van der Waals surface area contributed by atoms with Gasteiger partial charge in [0.15, 0.2) is 5.96 Å². The fourth-order valence-electron chi connectivity index (χ4n) is 3.66. The molecule has 1 heterocycles. The van der Waals surface area contributed by atoms with Gasteiger partial charge in [0.2, 0.25) is 0 Å². The van der Waals surface area contributed by atoms with E-state index in [0.717, 1.165) is 75.8 Å². The van der Waals surface area contributed by atoms with Gasteiger partial charge in [-0.25, -0.2) is 0 Å². The Morgan fingerprint density at radius 2 is 2.10 bits per heavy atom. The van der Waals surface area contributed by atoms with Crippen molar-refractivity contribution < 1.29 is 9.47 Å². The van der Waals surface area contributed by atoms with Crippen LogP contribution in [0, 0.1) is 5.92 Å². The first kappa shape index (κ1) is 24.7. The Labute approximate surface area is 197 Å². The molecule has 2 aliphatic rings. The second kappa shape index (κ2) is 12.3. The summed E-state index contributed by atoms with van der Waals surface area (Å²) in [4.78, 5) is 7.19. The molecule has 0 aromatic heterocycles. The molecule has 2 fully saturated rings. The number of nitrogens with one attached hydrogen (secondary N) is 1. The molecule has 1 saturated heterocycles. The monoisotopic (exact) mass is 535 g/mol. The first-order valence-corrected chi connectivity index (χ1v) is 10.9. The van der Waals surface area contributed by atoms with Gasteiger partial charge >= 0.3 is 0 Å². The standard InChI is InChI=1S/C22H34ClN3O2.HI/c1-3-24-21(26(2)11-14-28-16-18-7-8-18)25-17-22(9-12-27-13-10-22)19-5-4-6-20(23)15-19;/h4-6,15,18H,3,7-14,16-17H2,1-2H3,(H,24,25);1H. The van der Waals surface area contributed by atoms with Gasteiger partial charge in [-0.05, 0) is 56.2 Å². The molecule has 1 aliphatic carbocycles. The molecular weight excluding hydrogens is 501 g/mol. The lowest BCUT2D eigenvalue weighted by molar-refractivity contribution is 0.0530. The van der Waals surface area contributed by atoms with Gasteiger partial charge < -0.3 is 19.7 Å². The van der Waals surface area contributed by atoms with E-state index in [2.05, 4.69) is 36.3 Å². The second-order valence-corrected chi connectivity index (χ2v) is 8.45. The maximum absolute atomic E-state index is 6.28. The van der Waals surface area contributed by atoms with E-state index in [1.54, 1.807) is 0 Å². The third-order valence-corrected chi connectivity index (χ3v) is 5.97. The molecular formula is C22H35ClIN3O2. The number of benzene rings is 1. The minimum atomic E-state index is -0.0207. The minimum absolute atomic E-state index is 0. The quantitative estimate of drug-likeness (QED) is 0.221. The Morgan fingerprint density at radius 1 is 1.34 bits per heavy atom. The van der Waals surface area contributed by atoms with Crippen LogP contribution in [0.2, 0.25) is 5.02 Å². The summed E-state index contributed by atoms with van der Waals surface area (Å²) in [7, 11) is 2.08. The molecule has 0 radical (unpaired) electrons. The van der Waals surface area contributed by atoms with E-state index < -0.39 is 0 Å². The van der Waals surface area contributed by atoms with Gasteiger partial charge in [0, 0.05) is 50.4 Å². The summed E-state index contributed by atoms with van der Waals surface area (Å²) >= 11 is 6.28. The van der Waals surface area contributed by atoms with Crippen molar-refractivity contribution in [3.8, 4) is 0 Å². The van der Waals surface area contributed by atoms with Gasteiger partial charge in [0.1, 0.15) is 0 Å². The van der Waals surface area contributed by atoms with Crippen molar-refractivity contribution in [3.05, 3.63) is 34.9 Å². The van der Waals surface area contributed by atoms with E-state index in [4.69, 9.17) is 26.1 Å². The molecule has 0 unspecified atom stereocenters. The lowest BCUT2D eigenvalue weighted by Crippen LogP contribution is -2.43. The Hall–Kier alpha value is -0.570. The van der Waals surface area contributed by atoms with Crippen LogP contribution in [-0.2, 0) is 14.9 Å². The highest BCUT2D eigenvalue weighted by Gasteiger charge is 2.34. The number of guanidine groups is 1. The number of halogens is 2. The molecule has 1 aromatic carbocycles. The fraction of sp³-hybridized carbons (Fsp3) is 0.682. The third kappa shape index (κ3) is 7.56. The SMILES string of the molecule is CCNC(=NCC1(c2cccc(Cl)c2)CCOCC1)N(C)CCOCC1CC1.I. The van der Waals surface area contributed by atoms with E-state index in [9.17, 15) is 0 Å². The molecule has 164 valence electrons. The number of likely N-dealkylation sites (N-methyl/N-ethyl adjacent to an activating group) is 1. The van der Waals surface area contributed by atoms with Crippen molar-refractivity contribution >= 4 is 41.5 Å². The molecule has 0 spiro atoms. The van der Waals surface area contributed by atoms with Crippen LogP contribution in [-0.4, -0.2) is 64.0 Å². The number of nitrogens with zero attached hydrogens (tertiary/aromatic N) is 2. The maximum Gasteiger partial charge on any atom is 0.193 e. The fourth-order valence-corrected chi connectivity index (χ4v) is 3.85. The van der Waals surface area contributed by atoms with Crippen molar-refractivity contribution in [2.45, 2.75) is 38.0 Å². The highest BCUT2D eigenvalue weighted by Crippen LogP contribution is 2.36. The van der Waals surface area contributed by atoms with Crippen LogP contribution in [0.5, 0.6) is 0 Å². The molecule has 1 aromatic rings. The number of aliphatic imine (C=N–C) groups is 1. The summed E-state index contributed by atoms with van der Waals surface area (Å²) in [6.07, 6.45) is 4.58. The average Bonchev–Trinajstić information content (AvgIpc) is 3.53. The molecule has 29 heavy (non-hydrogen) atoms. The number of hydrogen-bond donors (Lipinski definition) is 1. The number of rotatable bonds is 9. The molecule has 1 saturated carbocycles. The van der Waals surface area contributed by atoms with E-state index in [-0.39, 0.29) is 29.4 Å². The first-order chi connectivity index (χ1) is 13.6. The van der Waals surface area contributed by atoms with E-state index in [0.29, 0.717) is 0 Å². The largest absolute Gasteiger partial charge is 0.381 e. The van der Waals surface area contributed by atoms with Crippen LogP contribution in [0.15, 0.2) is 29.3 Å². The van der Waals surface area contributed by atoms with Crippen LogP contribution >= 0.6 is 35.6 Å². The summed E-state index contributed by atoms with van der Waals surface area (Å²) in [5.41, 5.74) is 1.24. The summed E-state index contributed by atoms with van der Waals surface area (Å²) in [6, 6.07) is 8.23. The normalized spacial score (nSPS) is 18.8.